The van der Waals surface area contributed by atoms with Crippen LogP contribution >= 0.6 is 22.9 Å². The lowest BCUT2D eigenvalue weighted by atomic mass is 9.91. The van der Waals surface area contributed by atoms with Crippen LogP contribution in [0, 0.1) is 18.7 Å². The number of likely N-dealkylation sites (tertiary alicyclic amines) is 1. The second-order valence-electron chi connectivity index (χ2n) is 21.1. The number of β-amino-alcohol motifs (C(OH)–C–C–N with tert-alkyl or cyclic N) is 1. The van der Waals surface area contributed by atoms with Crippen LogP contribution in [-0.2, 0) is 30.5 Å². The Balaban J connectivity index is 0.899. The van der Waals surface area contributed by atoms with Crippen molar-refractivity contribution in [2.24, 2.45) is 5.92 Å². The first kappa shape index (κ1) is 58.2. The molecule has 4 atom stereocenters. The molecular formula is C59H68ClFN10O9S. The number of rotatable bonds is 21. The summed E-state index contributed by atoms with van der Waals surface area (Å²) in [4.78, 5) is 77.3. The summed E-state index contributed by atoms with van der Waals surface area (Å²) in [5, 5.41) is 30.5. The summed E-state index contributed by atoms with van der Waals surface area (Å²) in [6.07, 6.45) is -0.661. The number of aromatic hydroxyl groups is 1. The van der Waals surface area contributed by atoms with E-state index in [1.165, 1.54) is 22.8 Å². The molecule has 4 aromatic carbocycles. The molecule has 0 spiro atoms. The highest BCUT2D eigenvalue weighted by atomic mass is 35.5. The maximum absolute atomic E-state index is 17.6. The summed E-state index contributed by atoms with van der Waals surface area (Å²) in [5.41, 5.74) is 5.10. The second-order valence-corrected chi connectivity index (χ2v) is 22.4. The Bertz CT molecular complexity index is 3410. The standard InChI is InChI=1S/C59H68ClFN10O9S/c1-8-42(32-79-49-29-48(80-66-49)51(34(2)3)58(77)71-31-41(74)27-47(71)57(76)62-30-37-13-15-38(16-14-37)55-35(4)63-33-81-55)78-24-23-70(18-17-50(75)67(6)7)59-64-54-45(56(65-59)69-21-19-68(20-22-69)36(5)72)28-46(60)52(53(54)61)44-26-40(73)25-39-11-9-10-12-43(39)44/h9-16,25-26,28-29,33-34,41-42,47,51,73-74H,8,17-24,27,30-32H2,1-7H3,(H,62,76)/t41?,42?,47?,51-/m0/s1. The molecule has 2 aliphatic rings. The van der Waals surface area contributed by atoms with Gasteiger partial charge >= 0.3 is 0 Å². The molecule has 22 heteroatoms. The van der Waals surface area contributed by atoms with Crippen molar-refractivity contribution in [3.8, 4) is 33.2 Å². The lowest BCUT2D eigenvalue weighted by Gasteiger charge is -2.36. The molecule has 2 aliphatic heterocycles. The Labute approximate surface area is 478 Å². The molecule has 3 aromatic heterocycles. The number of anilines is 2. The van der Waals surface area contributed by atoms with Gasteiger partial charge in [-0.3, -0.25) is 19.2 Å². The number of aromatic nitrogens is 4. The lowest BCUT2D eigenvalue weighted by molar-refractivity contribution is -0.141. The molecule has 2 fully saturated rings. The first-order chi connectivity index (χ1) is 38.9. The van der Waals surface area contributed by atoms with E-state index in [1.807, 2.05) is 86.6 Å². The minimum atomic E-state index is -0.895. The minimum absolute atomic E-state index is 0.0161. The number of nitrogens with one attached hydrogen (secondary N) is 1. The van der Waals surface area contributed by atoms with Crippen LogP contribution in [0.25, 0.3) is 43.2 Å². The molecule has 4 amide bonds. The number of thiazole rings is 1. The predicted molar refractivity (Wildman–Crippen MR) is 309 cm³/mol. The Hall–Kier alpha value is -7.46. The number of benzene rings is 4. The summed E-state index contributed by atoms with van der Waals surface area (Å²) in [6.45, 7) is 11.5. The number of phenols is 1. The number of halogens is 2. The topological polar surface area (TPSA) is 220 Å². The third kappa shape index (κ3) is 13.2. The number of amides is 4. The third-order valence-electron chi connectivity index (χ3n) is 15.0. The number of carbonyl (C=O) groups excluding carboxylic acids is 4. The van der Waals surface area contributed by atoms with Gasteiger partial charge in [-0.1, -0.05) is 80.9 Å². The third-order valence-corrected chi connectivity index (χ3v) is 16.3. The maximum atomic E-state index is 17.6. The highest BCUT2D eigenvalue weighted by molar-refractivity contribution is 7.13. The summed E-state index contributed by atoms with van der Waals surface area (Å²) in [7, 11) is 3.34. The molecule has 9 rings (SSSR count). The van der Waals surface area contributed by atoms with E-state index in [2.05, 4.69) is 15.5 Å². The zero-order chi connectivity index (χ0) is 57.6. The van der Waals surface area contributed by atoms with Gasteiger partial charge in [-0.05, 0) is 70.1 Å². The summed E-state index contributed by atoms with van der Waals surface area (Å²) in [5.74, 6) is -1.93. The molecule has 19 nitrogen and oxygen atoms in total. The van der Waals surface area contributed by atoms with Crippen molar-refractivity contribution in [1.82, 2.24) is 40.1 Å². The zero-order valence-corrected chi connectivity index (χ0v) is 48.1. The number of aryl methyl sites for hydroxylation is 1. The van der Waals surface area contributed by atoms with Crippen molar-refractivity contribution in [3.63, 3.8) is 0 Å². The van der Waals surface area contributed by atoms with E-state index in [1.54, 1.807) is 53.4 Å². The first-order valence-corrected chi connectivity index (χ1v) is 28.5. The van der Waals surface area contributed by atoms with Gasteiger partial charge in [-0.2, -0.15) is 4.98 Å². The summed E-state index contributed by atoms with van der Waals surface area (Å²) in [6, 6.07) is 20.6. The van der Waals surface area contributed by atoms with Crippen LogP contribution in [-0.4, -0.2) is 160 Å². The van der Waals surface area contributed by atoms with Gasteiger partial charge in [-0.15, -0.1) is 11.3 Å². The van der Waals surface area contributed by atoms with Gasteiger partial charge in [-0.25, -0.2) is 14.4 Å². The molecule has 428 valence electrons. The number of hydrogen-bond acceptors (Lipinski definition) is 16. The van der Waals surface area contributed by atoms with Crippen LogP contribution in [0.1, 0.15) is 69.9 Å². The molecule has 0 aliphatic carbocycles. The molecule has 0 radical (unpaired) electrons. The fourth-order valence-corrected chi connectivity index (χ4v) is 11.6. The highest BCUT2D eigenvalue weighted by Gasteiger charge is 2.43. The molecule has 0 saturated carbocycles. The number of aliphatic hydroxyl groups is 1. The van der Waals surface area contributed by atoms with E-state index in [-0.39, 0.29) is 121 Å². The van der Waals surface area contributed by atoms with Crippen molar-refractivity contribution in [2.75, 3.05) is 82.9 Å². The van der Waals surface area contributed by atoms with Crippen LogP contribution < -0.4 is 19.9 Å². The molecule has 7 aromatic rings. The maximum Gasteiger partial charge on any atom is 0.254 e. The molecule has 81 heavy (non-hydrogen) atoms. The van der Waals surface area contributed by atoms with Crippen molar-refractivity contribution in [1.29, 1.82) is 0 Å². The van der Waals surface area contributed by atoms with Crippen LogP contribution in [0.4, 0.5) is 16.2 Å². The van der Waals surface area contributed by atoms with E-state index < -0.39 is 30.0 Å². The van der Waals surface area contributed by atoms with Crippen LogP contribution in [0.5, 0.6) is 11.6 Å². The largest absolute Gasteiger partial charge is 0.508 e. The molecule has 2 saturated heterocycles. The fraction of sp³-hybridized carbons (Fsp3) is 0.424. The molecular weight excluding hydrogens is 1080 g/mol. The van der Waals surface area contributed by atoms with Crippen LogP contribution in [0.3, 0.4) is 0 Å². The van der Waals surface area contributed by atoms with Crippen LogP contribution in [0.15, 0.2) is 82.8 Å². The van der Waals surface area contributed by atoms with Gasteiger partial charge < -0.3 is 54.0 Å². The van der Waals surface area contributed by atoms with Crippen molar-refractivity contribution < 1.29 is 47.8 Å². The zero-order valence-electron chi connectivity index (χ0n) is 46.5. The van der Waals surface area contributed by atoms with E-state index in [9.17, 15) is 29.4 Å². The predicted octanol–water partition coefficient (Wildman–Crippen LogP) is 8.21. The number of ether oxygens (including phenoxy) is 2. The number of piperazine rings is 1. The number of aliphatic hydroxyl groups excluding tert-OH is 1. The van der Waals surface area contributed by atoms with Gasteiger partial charge in [0, 0.05) is 103 Å². The normalized spacial score (nSPS) is 16.3. The van der Waals surface area contributed by atoms with E-state index in [0.29, 0.717) is 60.1 Å². The summed E-state index contributed by atoms with van der Waals surface area (Å²) >= 11 is 8.58. The average molecular weight is 1150 g/mol. The Morgan fingerprint density at radius 1 is 0.988 bits per heavy atom. The minimum Gasteiger partial charge on any atom is -0.508 e. The van der Waals surface area contributed by atoms with Gasteiger partial charge in [0.2, 0.25) is 29.6 Å². The average Bonchev–Trinajstić information content (AvgIpc) is 4.25. The number of fused-ring (bicyclic) bond motifs is 2. The first-order valence-electron chi connectivity index (χ1n) is 27.2. The highest BCUT2D eigenvalue weighted by Crippen LogP contribution is 2.43. The van der Waals surface area contributed by atoms with Crippen molar-refractivity contribution in [3.05, 3.63) is 106 Å². The number of carbonyl (C=O) groups is 4. The van der Waals surface area contributed by atoms with Crippen LogP contribution in [0.2, 0.25) is 5.02 Å². The Kier molecular flexibility index (Phi) is 18.4. The van der Waals surface area contributed by atoms with E-state index in [4.69, 9.17) is 35.6 Å². The smallest absolute Gasteiger partial charge is 0.254 e. The molecule has 5 heterocycles. The number of phenolic OH excluding ortho intramolecular Hbond substituents is 1. The Morgan fingerprint density at radius 2 is 1.74 bits per heavy atom. The van der Waals surface area contributed by atoms with Gasteiger partial charge in [0.25, 0.3) is 5.88 Å². The fourth-order valence-electron chi connectivity index (χ4n) is 10.5. The van der Waals surface area contributed by atoms with E-state index in [0.717, 1.165) is 21.7 Å². The van der Waals surface area contributed by atoms with Gasteiger partial charge in [0.1, 0.15) is 35.7 Å². The SMILES string of the molecule is CCC(COc1cc([C@@H](C(=O)N2CC(O)CC2C(=O)NCc2ccc(-c3scnc3C)cc2)C(C)C)on1)OCCN(CCC(=O)N(C)C)c1nc(N2CCN(C(C)=O)CC2)c2cc(Cl)c(-c3cc(O)cc4ccccc34)c(F)c2n1. The Morgan fingerprint density at radius 3 is 2.43 bits per heavy atom. The van der Waals surface area contributed by atoms with Crippen molar-refractivity contribution >= 4 is 80.0 Å². The lowest BCUT2D eigenvalue weighted by Crippen LogP contribution is -2.48. The van der Waals surface area contributed by atoms with Gasteiger partial charge in [0.05, 0.1) is 39.9 Å². The summed E-state index contributed by atoms with van der Waals surface area (Å²) < 4.78 is 35.8. The second kappa shape index (κ2) is 25.6. The monoisotopic (exact) mass is 1150 g/mol. The molecule has 3 unspecified atom stereocenters. The molecule has 0 bridgehead atoms. The van der Waals surface area contributed by atoms with Crippen molar-refractivity contribution in [2.45, 2.75) is 84.6 Å². The quantitative estimate of drug-likeness (QED) is 0.0617. The molecule has 3 N–H and O–H groups in total. The number of hydrogen-bond donors (Lipinski definition) is 3. The van der Waals surface area contributed by atoms with Gasteiger partial charge in [0.15, 0.2) is 11.6 Å². The number of nitrogens with zero attached hydrogens (tertiary/aromatic N) is 9. The van der Waals surface area contributed by atoms with E-state index >= 15 is 4.39 Å².